The van der Waals surface area contributed by atoms with Gasteiger partial charge in [-0.1, -0.05) is 116 Å². The highest BCUT2D eigenvalue weighted by Crippen LogP contribution is 2.30. The normalized spacial score (nSPS) is 18.1. The van der Waals surface area contributed by atoms with Gasteiger partial charge in [0.15, 0.2) is 6.10 Å². The first-order valence-corrected chi connectivity index (χ1v) is 16.8. The molecule has 6 heteroatoms. The highest BCUT2D eigenvalue weighted by Gasteiger charge is 2.36. The third kappa shape index (κ3) is 21.4. The standard InChI is InChI=1S/C34H62O6/c1-4-6-7-8-13-18-23-31-32(40-31)24-19-14-11-16-20-25-33(36)38-28-30(27-35)39-34(37)26-21-15-10-9-12-17-22-29(3)5-2/h13,18,29-32,35H,4-12,14-17,19-28H2,1-3H3/b18-13-/t29?,30-,31?,32?/m0/s1. The average Bonchev–Trinajstić information content (AvgIpc) is 3.71. The van der Waals surface area contributed by atoms with Crippen LogP contribution >= 0.6 is 0 Å². The van der Waals surface area contributed by atoms with Gasteiger partial charge in [0, 0.05) is 12.8 Å². The predicted octanol–water partition coefficient (Wildman–Crippen LogP) is 8.63. The summed E-state index contributed by atoms with van der Waals surface area (Å²) in [6.07, 6.45) is 27.2. The molecule has 234 valence electrons. The van der Waals surface area contributed by atoms with E-state index in [-0.39, 0.29) is 25.2 Å². The fourth-order valence-electron chi connectivity index (χ4n) is 4.95. The number of hydrogen-bond donors (Lipinski definition) is 1. The Morgan fingerprint density at radius 1 is 0.800 bits per heavy atom. The van der Waals surface area contributed by atoms with Crippen molar-refractivity contribution in [3.8, 4) is 0 Å². The molecule has 6 nitrogen and oxygen atoms in total. The van der Waals surface area contributed by atoms with Crippen LogP contribution in [0.15, 0.2) is 12.2 Å². The van der Waals surface area contributed by atoms with Gasteiger partial charge >= 0.3 is 11.9 Å². The van der Waals surface area contributed by atoms with Crippen molar-refractivity contribution in [2.45, 2.75) is 174 Å². The second kappa shape index (κ2) is 25.3. The maximum Gasteiger partial charge on any atom is 0.306 e. The van der Waals surface area contributed by atoms with Gasteiger partial charge in [0.2, 0.25) is 0 Å². The van der Waals surface area contributed by atoms with Crippen molar-refractivity contribution in [1.29, 1.82) is 0 Å². The first kappa shape index (κ1) is 36.6. The highest BCUT2D eigenvalue weighted by molar-refractivity contribution is 5.70. The molecular weight excluding hydrogens is 504 g/mol. The molecule has 0 amide bonds. The van der Waals surface area contributed by atoms with E-state index in [1.54, 1.807) is 0 Å². The summed E-state index contributed by atoms with van der Waals surface area (Å²) in [4.78, 5) is 24.1. The van der Waals surface area contributed by atoms with Gasteiger partial charge in [-0.15, -0.1) is 0 Å². The third-order valence-electron chi connectivity index (χ3n) is 8.02. The molecule has 0 aromatic rings. The van der Waals surface area contributed by atoms with Gasteiger partial charge in [0.25, 0.3) is 0 Å². The van der Waals surface area contributed by atoms with Gasteiger partial charge in [-0.05, 0) is 44.4 Å². The monoisotopic (exact) mass is 566 g/mol. The molecule has 1 aliphatic rings. The molecule has 1 heterocycles. The number of esters is 2. The van der Waals surface area contributed by atoms with Gasteiger partial charge in [-0.2, -0.15) is 0 Å². The van der Waals surface area contributed by atoms with Crippen molar-refractivity contribution < 1.29 is 28.9 Å². The van der Waals surface area contributed by atoms with E-state index in [0.717, 1.165) is 63.7 Å². The minimum Gasteiger partial charge on any atom is -0.462 e. The molecular formula is C34H62O6. The second-order valence-corrected chi connectivity index (χ2v) is 11.9. The lowest BCUT2D eigenvalue weighted by Gasteiger charge is -2.15. The van der Waals surface area contributed by atoms with Gasteiger partial charge in [0.05, 0.1) is 18.8 Å². The summed E-state index contributed by atoms with van der Waals surface area (Å²) in [5.74, 6) is 0.205. The van der Waals surface area contributed by atoms with Gasteiger partial charge in [-0.25, -0.2) is 0 Å². The molecule has 4 atom stereocenters. The van der Waals surface area contributed by atoms with Crippen LogP contribution in [0.3, 0.4) is 0 Å². The highest BCUT2D eigenvalue weighted by atomic mass is 16.6. The molecule has 0 bridgehead atoms. The maximum absolute atomic E-state index is 12.1. The fourth-order valence-corrected chi connectivity index (χ4v) is 4.95. The Kier molecular flexibility index (Phi) is 23.2. The Bertz CT molecular complexity index is 648. The summed E-state index contributed by atoms with van der Waals surface area (Å²) >= 11 is 0. The number of carbonyl (C=O) groups excluding carboxylic acids is 2. The van der Waals surface area contributed by atoms with E-state index in [9.17, 15) is 14.7 Å². The van der Waals surface area contributed by atoms with E-state index in [4.69, 9.17) is 14.2 Å². The molecule has 0 aromatic heterocycles. The number of allylic oxidation sites excluding steroid dienone is 1. The van der Waals surface area contributed by atoms with E-state index in [1.165, 1.54) is 64.2 Å². The Morgan fingerprint density at radius 2 is 1.45 bits per heavy atom. The summed E-state index contributed by atoms with van der Waals surface area (Å²) in [7, 11) is 0. The zero-order chi connectivity index (χ0) is 29.3. The topological polar surface area (TPSA) is 85.4 Å². The fraction of sp³-hybridized carbons (Fsp3) is 0.882. The predicted molar refractivity (Wildman–Crippen MR) is 163 cm³/mol. The van der Waals surface area contributed by atoms with Crippen molar-refractivity contribution in [3.63, 3.8) is 0 Å². The molecule has 1 aliphatic heterocycles. The first-order chi connectivity index (χ1) is 19.5. The Morgan fingerprint density at radius 3 is 2.12 bits per heavy atom. The van der Waals surface area contributed by atoms with Gasteiger partial charge in [-0.3, -0.25) is 9.59 Å². The number of hydrogen-bond acceptors (Lipinski definition) is 6. The zero-order valence-corrected chi connectivity index (χ0v) is 26.2. The van der Waals surface area contributed by atoms with E-state index >= 15 is 0 Å². The maximum atomic E-state index is 12.1. The minimum absolute atomic E-state index is 0.0757. The quantitative estimate of drug-likeness (QED) is 0.0441. The van der Waals surface area contributed by atoms with E-state index in [2.05, 4.69) is 32.9 Å². The number of aliphatic hydroxyl groups is 1. The van der Waals surface area contributed by atoms with Crippen LogP contribution in [0.5, 0.6) is 0 Å². The van der Waals surface area contributed by atoms with Crippen molar-refractivity contribution in [2.75, 3.05) is 13.2 Å². The molecule has 0 aliphatic carbocycles. The molecule has 1 saturated heterocycles. The van der Waals surface area contributed by atoms with Crippen LogP contribution in [0.25, 0.3) is 0 Å². The third-order valence-corrected chi connectivity index (χ3v) is 8.02. The van der Waals surface area contributed by atoms with Crippen molar-refractivity contribution in [3.05, 3.63) is 12.2 Å². The van der Waals surface area contributed by atoms with E-state index in [1.807, 2.05) is 0 Å². The lowest BCUT2D eigenvalue weighted by atomic mass is 10.00. The van der Waals surface area contributed by atoms with Crippen molar-refractivity contribution >= 4 is 11.9 Å². The SMILES string of the molecule is CCCCC/C=C\CC1OC1CCCCCCCC(=O)OC[C@H](CO)OC(=O)CCCCCCCCC(C)CC. The summed E-state index contributed by atoms with van der Waals surface area (Å²) in [5.41, 5.74) is 0. The molecule has 3 unspecified atom stereocenters. The lowest BCUT2D eigenvalue weighted by Crippen LogP contribution is -2.28. The number of ether oxygens (including phenoxy) is 3. The van der Waals surface area contributed by atoms with Crippen LogP contribution in [0, 0.1) is 5.92 Å². The van der Waals surface area contributed by atoms with Crippen LogP contribution in [-0.4, -0.2) is 48.6 Å². The largest absolute Gasteiger partial charge is 0.462 e. The zero-order valence-electron chi connectivity index (χ0n) is 26.2. The van der Waals surface area contributed by atoms with Gasteiger partial charge < -0.3 is 19.3 Å². The molecule has 0 radical (unpaired) electrons. The number of aliphatic hydroxyl groups excluding tert-OH is 1. The van der Waals surface area contributed by atoms with E-state index in [0.29, 0.717) is 25.0 Å². The van der Waals surface area contributed by atoms with Crippen molar-refractivity contribution in [2.24, 2.45) is 5.92 Å². The average molecular weight is 567 g/mol. The summed E-state index contributed by atoms with van der Waals surface area (Å²) in [6, 6.07) is 0. The molecule has 0 saturated carbocycles. The molecule has 40 heavy (non-hydrogen) atoms. The number of rotatable bonds is 28. The number of carbonyl (C=O) groups is 2. The first-order valence-electron chi connectivity index (χ1n) is 16.8. The van der Waals surface area contributed by atoms with Crippen LogP contribution < -0.4 is 0 Å². The second-order valence-electron chi connectivity index (χ2n) is 11.9. The summed E-state index contributed by atoms with van der Waals surface area (Å²) < 4.78 is 16.3. The lowest BCUT2D eigenvalue weighted by molar-refractivity contribution is -0.161. The Balaban J connectivity index is 1.93. The number of unbranched alkanes of at least 4 members (excludes halogenated alkanes) is 12. The molecule has 0 spiro atoms. The van der Waals surface area contributed by atoms with Gasteiger partial charge in [0.1, 0.15) is 6.61 Å². The smallest absolute Gasteiger partial charge is 0.306 e. The molecule has 1 fully saturated rings. The molecule has 0 aromatic carbocycles. The van der Waals surface area contributed by atoms with Crippen LogP contribution in [0.1, 0.15) is 156 Å². The minimum atomic E-state index is -0.776. The Labute approximate surface area is 246 Å². The van der Waals surface area contributed by atoms with Crippen LogP contribution in [0.2, 0.25) is 0 Å². The summed E-state index contributed by atoms with van der Waals surface area (Å²) in [6.45, 7) is 6.37. The van der Waals surface area contributed by atoms with Crippen LogP contribution in [-0.2, 0) is 23.8 Å². The Hall–Kier alpha value is -1.40. The number of epoxide rings is 1. The molecule has 1 N–H and O–H groups in total. The van der Waals surface area contributed by atoms with Crippen LogP contribution in [0.4, 0.5) is 0 Å². The van der Waals surface area contributed by atoms with Crippen molar-refractivity contribution in [1.82, 2.24) is 0 Å². The van der Waals surface area contributed by atoms with E-state index < -0.39 is 6.10 Å². The molecule has 1 rings (SSSR count). The summed E-state index contributed by atoms with van der Waals surface area (Å²) in [5, 5.41) is 9.49.